The fourth-order valence-electron chi connectivity index (χ4n) is 9.62. The Morgan fingerprint density at radius 3 is 1.89 bits per heavy atom. The second-order valence-electron chi connectivity index (χ2n) is 15.1. The van der Waals surface area contributed by atoms with Crippen LogP contribution in [0.15, 0.2) is 197 Å². The van der Waals surface area contributed by atoms with E-state index in [-0.39, 0.29) is 12.3 Å². The standard InChI is InChI=1S/C52H35N3O2/c1-2-14-33(15-3-1)49-53-50(34-30-28-32(29-31-34)35-19-12-20-39-38-18-6-10-25-44(38)57-48(35)39)55-51(54-49)40-21-13-27-46-47(40)52(43-24-9-11-26-45(43)56-46)41-22-7-4-16-36(41)37-17-5-8-23-42(37)52/h1-31,49-50,53H,(H,54,55). The molecule has 0 radical (unpaired) electrons. The Bertz CT molecular complexity index is 3030. The number of para-hydroxylation sites is 3. The average Bonchev–Trinajstić information content (AvgIpc) is 3.81. The van der Waals surface area contributed by atoms with Gasteiger partial charge in [0.15, 0.2) is 0 Å². The number of nitrogens with zero attached hydrogens (tertiary/aromatic N) is 1. The van der Waals surface area contributed by atoms with E-state index in [1.54, 1.807) is 0 Å². The summed E-state index contributed by atoms with van der Waals surface area (Å²) in [4.78, 5) is 5.48. The molecule has 9 aromatic rings. The molecule has 0 bridgehead atoms. The summed E-state index contributed by atoms with van der Waals surface area (Å²) in [6, 6.07) is 66.5. The number of rotatable bonds is 4. The van der Waals surface area contributed by atoms with Crippen LogP contribution in [0.1, 0.15) is 51.3 Å². The molecule has 1 aliphatic carbocycles. The minimum atomic E-state index is -0.625. The smallest absolute Gasteiger partial charge is 0.143 e. The van der Waals surface area contributed by atoms with Gasteiger partial charge in [0.2, 0.25) is 0 Å². The van der Waals surface area contributed by atoms with Crippen LogP contribution in [0.5, 0.6) is 11.5 Å². The summed E-state index contributed by atoms with van der Waals surface area (Å²) in [5.74, 6) is 2.51. The van der Waals surface area contributed by atoms with Gasteiger partial charge in [-0.25, -0.2) is 4.99 Å². The van der Waals surface area contributed by atoms with E-state index in [1.807, 2.05) is 12.1 Å². The maximum Gasteiger partial charge on any atom is 0.143 e. The molecule has 0 amide bonds. The number of amidine groups is 1. The SMILES string of the molecule is c1ccc(C2N=C(c3cccc4c3C3(c5ccccc5O4)c4ccccc4-c4ccccc43)NC(c3ccc(-c4cccc5c4oc4ccccc45)cc3)N2)cc1. The van der Waals surface area contributed by atoms with Crippen LogP contribution in [0.25, 0.3) is 44.2 Å². The molecule has 57 heavy (non-hydrogen) atoms. The Hall–Kier alpha value is -7.21. The first-order valence-electron chi connectivity index (χ1n) is 19.5. The number of aliphatic imine (C=N–C) groups is 1. The monoisotopic (exact) mass is 733 g/mol. The van der Waals surface area contributed by atoms with E-state index < -0.39 is 5.41 Å². The molecule has 2 N–H and O–H groups in total. The molecule has 2 aliphatic heterocycles. The zero-order chi connectivity index (χ0) is 37.5. The first-order valence-corrected chi connectivity index (χ1v) is 19.5. The zero-order valence-corrected chi connectivity index (χ0v) is 30.8. The number of furan rings is 1. The van der Waals surface area contributed by atoms with Gasteiger partial charge in [0.05, 0.1) is 5.41 Å². The van der Waals surface area contributed by atoms with Crippen LogP contribution in [-0.2, 0) is 5.41 Å². The quantitative estimate of drug-likeness (QED) is 0.189. The Kier molecular flexibility index (Phi) is 6.98. The van der Waals surface area contributed by atoms with Crippen molar-refractivity contribution in [3.8, 4) is 33.8 Å². The van der Waals surface area contributed by atoms with Gasteiger partial charge in [-0.15, -0.1) is 0 Å². The summed E-state index contributed by atoms with van der Waals surface area (Å²) in [7, 11) is 0. The van der Waals surface area contributed by atoms with Gasteiger partial charge in [-0.05, 0) is 57.1 Å². The lowest BCUT2D eigenvalue weighted by Gasteiger charge is -2.41. The van der Waals surface area contributed by atoms with Crippen molar-refractivity contribution >= 4 is 27.8 Å². The topological polar surface area (TPSA) is 58.8 Å². The summed E-state index contributed by atoms with van der Waals surface area (Å²) < 4.78 is 13.3. The van der Waals surface area contributed by atoms with Crippen LogP contribution in [0.4, 0.5) is 0 Å². The third-order valence-corrected chi connectivity index (χ3v) is 12.1. The van der Waals surface area contributed by atoms with Gasteiger partial charge in [0.25, 0.3) is 0 Å². The molecule has 2 atom stereocenters. The summed E-state index contributed by atoms with van der Waals surface area (Å²) in [6.45, 7) is 0. The fraction of sp³-hybridized carbons (Fsp3) is 0.0577. The summed E-state index contributed by atoms with van der Waals surface area (Å²) in [6.07, 6.45) is -0.548. The van der Waals surface area contributed by atoms with Gasteiger partial charge in [-0.1, -0.05) is 170 Å². The molecule has 5 nitrogen and oxygen atoms in total. The van der Waals surface area contributed by atoms with Gasteiger partial charge in [-0.3, -0.25) is 5.32 Å². The molecule has 1 aromatic heterocycles. The Balaban J connectivity index is 1.02. The van der Waals surface area contributed by atoms with E-state index in [1.165, 1.54) is 22.3 Å². The van der Waals surface area contributed by atoms with E-state index in [9.17, 15) is 0 Å². The van der Waals surface area contributed by atoms with Crippen molar-refractivity contribution in [1.82, 2.24) is 10.6 Å². The first-order chi connectivity index (χ1) is 28.3. The fourth-order valence-corrected chi connectivity index (χ4v) is 9.62. The Morgan fingerprint density at radius 1 is 0.474 bits per heavy atom. The summed E-state index contributed by atoms with van der Waals surface area (Å²) >= 11 is 0. The van der Waals surface area contributed by atoms with E-state index in [4.69, 9.17) is 14.1 Å². The molecular formula is C52H35N3O2. The van der Waals surface area contributed by atoms with Crippen LogP contribution < -0.4 is 15.4 Å². The number of hydrogen-bond donors (Lipinski definition) is 2. The molecule has 3 heterocycles. The molecule has 8 aromatic carbocycles. The second-order valence-corrected chi connectivity index (χ2v) is 15.1. The van der Waals surface area contributed by atoms with E-state index in [0.717, 1.165) is 78.2 Å². The van der Waals surface area contributed by atoms with Crippen molar-refractivity contribution in [2.24, 2.45) is 4.99 Å². The van der Waals surface area contributed by atoms with Gasteiger partial charge in [0.1, 0.15) is 40.8 Å². The van der Waals surface area contributed by atoms with Gasteiger partial charge in [0, 0.05) is 33.0 Å². The van der Waals surface area contributed by atoms with Crippen molar-refractivity contribution in [3.05, 3.63) is 227 Å². The third kappa shape index (κ3) is 4.70. The number of ether oxygens (including phenoxy) is 1. The van der Waals surface area contributed by atoms with Crippen molar-refractivity contribution < 1.29 is 9.15 Å². The van der Waals surface area contributed by atoms with Gasteiger partial charge >= 0.3 is 0 Å². The highest BCUT2D eigenvalue weighted by molar-refractivity contribution is 6.09. The number of fused-ring (bicyclic) bond motifs is 12. The van der Waals surface area contributed by atoms with E-state index in [2.05, 4.69) is 187 Å². The lowest BCUT2D eigenvalue weighted by molar-refractivity contribution is 0.407. The maximum atomic E-state index is 6.85. The number of nitrogens with one attached hydrogen (secondary N) is 2. The van der Waals surface area contributed by atoms with E-state index in [0.29, 0.717) is 0 Å². The molecule has 3 aliphatic rings. The lowest BCUT2D eigenvalue weighted by atomic mass is 9.64. The van der Waals surface area contributed by atoms with E-state index >= 15 is 0 Å². The second kappa shape index (κ2) is 12.4. The Labute approximate surface area is 329 Å². The van der Waals surface area contributed by atoms with Crippen molar-refractivity contribution in [2.75, 3.05) is 0 Å². The highest BCUT2D eigenvalue weighted by atomic mass is 16.5. The largest absolute Gasteiger partial charge is 0.457 e. The molecular weight excluding hydrogens is 699 g/mol. The predicted molar refractivity (Wildman–Crippen MR) is 228 cm³/mol. The molecule has 2 unspecified atom stereocenters. The van der Waals surface area contributed by atoms with Crippen LogP contribution in [0.3, 0.4) is 0 Å². The Morgan fingerprint density at radius 2 is 1.09 bits per heavy atom. The minimum absolute atomic E-state index is 0.245. The normalized spacial score (nSPS) is 17.2. The maximum absolute atomic E-state index is 6.85. The average molecular weight is 734 g/mol. The first kappa shape index (κ1) is 32.1. The van der Waals surface area contributed by atoms with Crippen LogP contribution in [0, 0.1) is 0 Å². The summed E-state index contributed by atoms with van der Waals surface area (Å²) in [5.41, 5.74) is 13.7. The highest BCUT2D eigenvalue weighted by Gasteiger charge is 2.52. The highest BCUT2D eigenvalue weighted by Crippen LogP contribution is 2.62. The van der Waals surface area contributed by atoms with Crippen molar-refractivity contribution in [3.63, 3.8) is 0 Å². The van der Waals surface area contributed by atoms with Crippen molar-refractivity contribution in [2.45, 2.75) is 17.7 Å². The zero-order valence-electron chi connectivity index (χ0n) is 30.8. The third-order valence-electron chi connectivity index (χ3n) is 12.1. The number of benzene rings is 8. The molecule has 12 rings (SSSR count). The molecule has 270 valence electrons. The van der Waals surface area contributed by atoms with Crippen LogP contribution in [0.2, 0.25) is 0 Å². The van der Waals surface area contributed by atoms with Crippen molar-refractivity contribution in [1.29, 1.82) is 0 Å². The number of hydrogen-bond acceptors (Lipinski definition) is 5. The summed E-state index contributed by atoms with van der Waals surface area (Å²) in [5, 5.41) is 9.97. The van der Waals surface area contributed by atoms with Gasteiger partial charge < -0.3 is 14.5 Å². The lowest BCUT2D eigenvalue weighted by Crippen LogP contribution is -2.46. The minimum Gasteiger partial charge on any atom is -0.457 e. The molecule has 0 saturated heterocycles. The molecule has 0 fully saturated rings. The molecule has 5 heteroatoms. The van der Waals surface area contributed by atoms with Crippen LogP contribution >= 0.6 is 0 Å². The molecule has 1 spiro atoms. The predicted octanol–water partition coefficient (Wildman–Crippen LogP) is 12.1. The molecule has 0 saturated carbocycles. The van der Waals surface area contributed by atoms with Gasteiger partial charge in [-0.2, -0.15) is 0 Å². The van der Waals surface area contributed by atoms with Crippen LogP contribution in [-0.4, -0.2) is 5.84 Å².